The molecule has 0 aliphatic rings. The van der Waals surface area contributed by atoms with Crippen LogP contribution in [-0.4, -0.2) is 11.8 Å². The molecule has 98 valence electrons. The minimum Gasteiger partial charge on any atom is -0.375 e. The maximum atomic E-state index is 12.3. The van der Waals surface area contributed by atoms with E-state index >= 15 is 0 Å². The van der Waals surface area contributed by atoms with Gasteiger partial charge in [-0.25, -0.2) is 0 Å². The van der Waals surface area contributed by atoms with Gasteiger partial charge in [-0.2, -0.15) is 0 Å². The lowest BCUT2D eigenvalue weighted by Crippen LogP contribution is -2.26. The topological polar surface area (TPSA) is 29.1 Å². The number of hydrogen-bond acceptors (Lipinski definition) is 2. The van der Waals surface area contributed by atoms with E-state index in [2.05, 4.69) is 21.2 Å². The van der Waals surface area contributed by atoms with Gasteiger partial charge in [-0.05, 0) is 44.2 Å². The molecule has 0 aromatic heterocycles. The number of nitrogens with one attached hydrogen (secondary N) is 1. The van der Waals surface area contributed by atoms with Crippen molar-refractivity contribution >= 4 is 27.4 Å². The number of anilines is 1. The summed E-state index contributed by atoms with van der Waals surface area (Å²) >= 11 is 3.39. The van der Waals surface area contributed by atoms with Gasteiger partial charge in [0.2, 0.25) is 0 Å². The molecule has 0 spiro atoms. The van der Waals surface area contributed by atoms with Crippen LogP contribution in [0, 0.1) is 6.92 Å². The molecule has 2 aromatic carbocycles. The van der Waals surface area contributed by atoms with Crippen LogP contribution < -0.4 is 5.32 Å². The van der Waals surface area contributed by atoms with Crippen LogP contribution in [0.4, 0.5) is 5.69 Å². The van der Waals surface area contributed by atoms with Gasteiger partial charge in [0.05, 0.1) is 6.04 Å². The van der Waals surface area contributed by atoms with Crippen molar-refractivity contribution in [3.05, 3.63) is 64.1 Å². The van der Waals surface area contributed by atoms with Crippen LogP contribution in [0.15, 0.2) is 53.0 Å². The standard InChI is InChI=1S/C16H16BrNO/c1-11-4-3-5-13(10-11)16(19)12(2)18-15-8-6-14(17)7-9-15/h3-10,12,18H,1-2H3. The van der Waals surface area contributed by atoms with E-state index in [1.165, 1.54) is 0 Å². The Morgan fingerprint density at radius 3 is 2.47 bits per heavy atom. The highest BCUT2D eigenvalue weighted by molar-refractivity contribution is 9.10. The summed E-state index contributed by atoms with van der Waals surface area (Å²) in [7, 11) is 0. The largest absolute Gasteiger partial charge is 0.375 e. The number of rotatable bonds is 4. The van der Waals surface area contributed by atoms with Crippen LogP contribution in [0.5, 0.6) is 0 Å². The maximum absolute atomic E-state index is 12.3. The van der Waals surface area contributed by atoms with Crippen molar-refractivity contribution in [3.8, 4) is 0 Å². The van der Waals surface area contributed by atoms with E-state index in [0.717, 1.165) is 21.3 Å². The molecule has 0 aliphatic heterocycles. The Hall–Kier alpha value is -1.61. The monoisotopic (exact) mass is 317 g/mol. The molecule has 0 bridgehead atoms. The van der Waals surface area contributed by atoms with Crippen molar-refractivity contribution in [1.29, 1.82) is 0 Å². The highest BCUT2D eigenvalue weighted by Gasteiger charge is 2.14. The molecule has 2 nitrogen and oxygen atoms in total. The van der Waals surface area contributed by atoms with E-state index in [1.807, 2.05) is 62.4 Å². The highest BCUT2D eigenvalue weighted by atomic mass is 79.9. The van der Waals surface area contributed by atoms with E-state index in [9.17, 15) is 4.79 Å². The average molecular weight is 318 g/mol. The van der Waals surface area contributed by atoms with Gasteiger partial charge in [-0.1, -0.05) is 39.7 Å². The van der Waals surface area contributed by atoms with Crippen molar-refractivity contribution in [2.45, 2.75) is 19.9 Å². The van der Waals surface area contributed by atoms with Crippen molar-refractivity contribution in [1.82, 2.24) is 0 Å². The third-order valence-electron chi connectivity index (χ3n) is 2.92. The van der Waals surface area contributed by atoms with Crippen molar-refractivity contribution in [3.63, 3.8) is 0 Å². The molecule has 0 amide bonds. The minimum atomic E-state index is -0.247. The van der Waals surface area contributed by atoms with Gasteiger partial charge in [-0.3, -0.25) is 4.79 Å². The Balaban J connectivity index is 2.09. The van der Waals surface area contributed by atoms with Crippen LogP contribution >= 0.6 is 15.9 Å². The first kappa shape index (κ1) is 13.8. The number of halogens is 1. The lowest BCUT2D eigenvalue weighted by atomic mass is 10.0. The Kier molecular flexibility index (Phi) is 4.38. The number of carbonyl (C=O) groups excluding carboxylic acids is 1. The second kappa shape index (κ2) is 6.02. The Morgan fingerprint density at radius 1 is 1.16 bits per heavy atom. The van der Waals surface area contributed by atoms with E-state index in [1.54, 1.807) is 0 Å². The zero-order chi connectivity index (χ0) is 13.8. The molecule has 1 atom stereocenters. The van der Waals surface area contributed by atoms with E-state index in [0.29, 0.717) is 0 Å². The first-order valence-corrected chi connectivity index (χ1v) is 6.98. The van der Waals surface area contributed by atoms with Gasteiger partial charge in [0.15, 0.2) is 5.78 Å². The first-order valence-electron chi connectivity index (χ1n) is 6.19. The molecule has 0 saturated heterocycles. The third-order valence-corrected chi connectivity index (χ3v) is 3.45. The summed E-state index contributed by atoms with van der Waals surface area (Å²) in [5.41, 5.74) is 2.79. The van der Waals surface area contributed by atoms with Gasteiger partial charge in [-0.15, -0.1) is 0 Å². The van der Waals surface area contributed by atoms with Gasteiger partial charge >= 0.3 is 0 Å². The van der Waals surface area contributed by atoms with Gasteiger partial charge in [0.25, 0.3) is 0 Å². The molecule has 1 unspecified atom stereocenters. The fourth-order valence-corrected chi connectivity index (χ4v) is 2.17. The summed E-state index contributed by atoms with van der Waals surface area (Å²) in [6.07, 6.45) is 0. The molecule has 2 rings (SSSR count). The van der Waals surface area contributed by atoms with Crippen LogP contribution in [0.3, 0.4) is 0 Å². The predicted molar refractivity (Wildman–Crippen MR) is 82.7 cm³/mol. The molecular weight excluding hydrogens is 302 g/mol. The molecule has 0 heterocycles. The SMILES string of the molecule is Cc1cccc(C(=O)C(C)Nc2ccc(Br)cc2)c1. The predicted octanol–water partition coefficient (Wildman–Crippen LogP) is 4.44. The molecule has 0 aliphatic carbocycles. The third kappa shape index (κ3) is 3.67. The molecule has 3 heteroatoms. The average Bonchev–Trinajstić information content (AvgIpc) is 2.40. The van der Waals surface area contributed by atoms with Crippen LogP contribution in [0.1, 0.15) is 22.8 Å². The molecule has 0 radical (unpaired) electrons. The zero-order valence-electron chi connectivity index (χ0n) is 11.0. The summed E-state index contributed by atoms with van der Waals surface area (Å²) in [5, 5.41) is 3.22. The van der Waals surface area contributed by atoms with Crippen LogP contribution in [0.2, 0.25) is 0 Å². The number of benzene rings is 2. The van der Waals surface area contributed by atoms with Gasteiger partial charge in [0, 0.05) is 15.7 Å². The van der Waals surface area contributed by atoms with Crippen LogP contribution in [-0.2, 0) is 0 Å². The Labute approximate surface area is 122 Å². The number of Topliss-reactive ketones (excluding diaryl/α,β-unsaturated/α-hetero) is 1. The summed E-state index contributed by atoms with van der Waals surface area (Å²) in [5.74, 6) is 0.103. The van der Waals surface area contributed by atoms with E-state index in [-0.39, 0.29) is 11.8 Å². The summed E-state index contributed by atoms with van der Waals surface area (Å²) in [6, 6.07) is 15.2. The maximum Gasteiger partial charge on any atom is 0.184 e. The fraction of sp³-hybridized carbons (Fsp3) is 0.188. The minimum absolute atomic E-state index is 0.103. The van der Waals surface area contributed by atoms with Crippen LogP contribution in [0.25, 0.3) is 0 Å². The lowest BCUT2D eigenvalue weighted by Gasteiger charge is -2.14. The number of carbonyl (C=O) groups is 1. The number of hydrogen-bond donors (Lipinski definition) is 1. The van der Waals surface area contributed by atoms with Crippen molar-refractivity contribution in [2.24, 2.45) is 0 Å². The quantitative estimate of drug-likeness (QED) is 0.844. The molecule has 0 fully saturated rings. The number of aryl methyl sites for hydroxylation is 1. The van der Waals surface area contributed by atoms with Gasteiger partial charge < -0.3 is 5.32 Å². The van der Waals surface area contributed by atoms with Crippen molar-refractivity contribution < 1.29 is 4.79 Å². The summed E-state index contributed by atoms with van der Waals surface area (Å²) < 4.78 is 1.02. The molecule has 19 heavy (non-hydrogen) atoms. The number of ketones is 1. The molecule has 2 aromatic rings. The fourth-order valence-electron chi connectivity index (χ4n) is 1.91. The van der Waals surface area contributed by atoms with E-state index in [4.69, 9.17) is 0 Å². The second-order valence-electron chi connectivity index (χ2n) is 4.61. The summed E-state index contributed by atoms with van der Waals surface area (Å²) in [6.45, 7) is 3.87. The highest BCUT2D eigenvalue weighted by Crippen LogP contribution is 2.16. The van der Waals surface area contributed by atoms with Gasteiger partial charge in [0.1, 0.15) is 0 Å². The molecule has 0 saturated carbocycles. The second-order valence-corrected chi connectivity index (χ2v) is 5.52. The summed E-state index contributed by atoms with van der Waals surface area (Å²) in [4.78, 5) is 12.3. The van der Waals surface area contributed by atoms with E-state index < -0.39 is 0 Å². The van der Waals surface area contributed by atoms with Crippen molar-refractivity contribution in [2.75, 3.05) is 5.32 Å². The first-order chi connectivity index (χ1) is 9.06. The zero-order valence-corrected chi connectivity index (χ0v) is 12.6. The molecular formula is C16H16BrNO. The lowest BCUT2D eigenvalue weighted by molar-refractivity contribution is 0.0975. The smallest absolute Gasteiger partial charge is 0.184 e. The molecule has 1 N–H and O–H groups in total. The normalized spacial score (nSPS) is 11.9. The Morgan fingerprint density at radius 2 is 1.84 bits per heavy atom. The Bertz CT molecular complexity index is 578.